The fraction of sp³-hybridized carbons (Fsp3) is 0.600. The molecule has 2 heterocycles. The van der Waals surface area contributed by atoms with E-state index in [9.17, 15) is 4.79 Å². The second-order valence-electron chi connectivity index (χ2n) is 4.06. The number of hydrogen-bond acceptors (Lipinski definition) is 7. The van der Waals surface area contributed by atoms with Crippen LogP contribution in [0.3, 0.4) is 0 Å². The van der Waals surface area contributed by atoms with Gasteiger partial charge in [-0.15, -0.1) is 0 Å². The van der Waals surface area contributed by atoms with E-state index in [-0.39, 0.29) is 18.4 Å². The van der Waals surface area contributed by atoms with Crippen LogP contribution in [0.5, 0.6) is 0 Å². The fourth-order valence-electron chi connectivity index (χ4n) is 1.82. The van der Waals surface area contributed by atoms with Crippen molar-refractivity contribution in [3.8, 4) is 0 Å². The van der Waals surface area contributed by atoms with Gasteiger partial charge in [0.15, 0.2) is 11.5 Å². The van der Waals surface area contributed by atoms with E-state index < -0.39 is 5.91 Å². The first-order valence-corrected chi connectivity index (χ1v) is 5.64. The molecule has 8 nitrogen and oxygen atoms in total. The molecule has 1 aromatic heterocycles. The second kappa shape index (κ2) is 5.91. The topological polar surface area (TPSA) is 114 Å². The van der Waals surface area contributed by atoms with Gasteiger partial charge in [0, 0.05) is 19.2 Å². The first kappa shape index (κ1) is 13.0. The van der Waals surface area contributed by atoms with Gasteiger partial charge < -0.3 is 14.4 Å². The minimum absolute atomic E-state index is 0.00622. The monoisotopic (exact) mass is 256 g/mol. The number of hydrazine groups is 1. The second-order valence-corrected chi connectivity index (χ2v) is 4.06. The van der Waals surface area contributed by atoms with Crippen molar-refractivity contribution in [2.75, 3.05) is 26.3 Å². The molecule has 0 bridgehead atoms. The molecule has 1 aliphatic heterocycles. The normalized spacial score (nSPS) is 20.9. The number of nitrogens with one attached hydrogen (secondary N) is 1. The number of nitrogen functional groups attached to an aromatic ring is 1. The standard InChI is InChI=1S/C10H16N4O4/c11-12-10(16)9-3-7(18-13-9)4-14-1-2-17-8(5-14)6-15/h3,8,15H,1-2,4-6,11H2,(H,12,16). The van der Waals surface area contributed by atoms with E-state index in [1.807, 2.05) is 5.43 Å². The van der Waals surface area contributed by atoms with Crippen LogP contribution in [0, 0.1) is 0 Å². The minimum atomic E-state index is -0.486. The summed E-state index contributed by atoms with van der Waals surface area (Å²) in [5.74, 6) is 5.09. The molecule has 4 N–H and O–H groups in total. The molecule has 100 valence electrons. The highest BCUT2D eigenvalue weighted by molar-refractivity contribution is 5.91. The number of morpholine rings is 1. The van der Waals surface area contributed by atoms with Gasteiger partial charge in [-0.1, -0.05) is 5.16 Å². The number of aliphatic hydroxyl groups is 1. The molecule has 1 unspecified atom stereocenters. The van der Waals surface area contributed by atoms with Crippen LogP contribution in [-0.4, -0.2) is 53.5 Å². The van der Waals surface area contributed by atoms with Crippen molar-refractivity contribution in [1.29, 1.82) is 0 Å². The predicted octanol–water partition coefficient (Wildman–Crippen LogP) is -1.53. The lowest BCUT2D eigenvalue weighted by Crippen LogP contribution is -2.43. The molecule has 1 aromatic rings. The highest BCUT2D eigenvalue weighted by Gasteiger charge is 2.21. The molecular formula is C10H16N4O4. The van der Waals surface area contributed by atoms with Gasteiger partial charge in [-0.05, 0) is 0 Å². The maximum atomic E-state index is 11.2. The third kappa shape index (κ3) is 3.05. The SMILES string of the molecule is NNC(=O)c1cc(CN2CCOC(CO)C2)on1. The Morgan fingerprint density at radius 3 is 3.28 bits per heavy atom. The summed E-state index contributed by atoms with van der Waals surface area (Å²) < 4.78 is 10.4. The van der Waals surface area contributed by atoms with Crippen molar-refractivity contribution in [2.24, 2.45) is 5.84 Å². The first-order chi connectivity index (χ1) is 8.72. The van der Waals surface area contributed by atoms with Gasteiger partial charge in [0.25, 0.3) is 5.91 Å². The maximum Gasteiger partial charge on any atom is 0.287 e. The Morgan fingerprint density at radius 2 is 2.56 bits per heavy atom. The number of amides is 1. The molecular weight excluding hydrogens is 240 g/mol. The van der Waals surface area contributed by atoms with Crippen molar-refractivity contribution in [2.45, 2.75) is 12.6 Å². The quantitative estimate of drug-likeness (QED) is 0.340. The van der Waals surface area contributed by atoms with Crippen LogP contribution < -0.4 is 11.3 Å². The highest BCUT2D eigenvalue weighted by atomic mass is 16.5. The number of rotatable bonds is 4. The van der Waals surface area contributed by atoms with Gasteiger partial charge in [-0.3, -0.25) is 15.1 Å². The molecule has 8 heteroatoms. The fourth-order valence-corrected chi connectivity index (χ4v) is 1.82. The van der Waals surface area contributed by atoms with Gasteiger partial charge in [0.05, 0.1) is 25.9 Å². The van der Waals surface area contributed by atoms with Crippen LogP contribution in [0.1, 0.15) is 16.2 Å². The molecule has 0 radical (unpaired) electrons. The Balaban J connectivity index is 1.92. The number of nitrogens with two attached hydrogens (primary N) is 1. The van der Waals surface area contributed by atoms with Crippen molar-refractivity contribution in [1.82, 2.24) is 15.5 Å². The van der Waals surface area contributed by atoms with Gasteiger partial charge in [-0.2, -0.15) is 0 Å². The maximum absolute atomic E-state index is 11.2. The Hall–Kier alpha value is -1.48. The van der Waals surface area contributed by atoms with Gasteiger partial charge in [0.1, 0.15) is 0 Å². The average molecular weight is 256 g/mol. The van der Waals surface area contributed by atoms with E-state index in [1.54, 1.807) is 6.07 Å². The molecule has 0 aliphatic carbocycles. The summed E-state index contributed by atoms with van der Waals surface area (Å²) in [5.41, 5.74) is 2.14. The Morgan fingerprint density at radius 1 is 1.72 bits per heavy atom. The van der Waals surface area contributed by atoms with E-state index in [4.69, 9.17) is 20.2 Å². The molecule has 0 spiro atoms. The smallest absolute Gasteiger partial charge is 0.287 e. The lowest BCUT2D eigenvalue weighted by atomic mass is 10.2. The number of ether oxygens (including phenoxy) is 1. The van der Waals surface area contributed by atoms with E-state index in [1.165, 1.54) is 0 Å². The summed E-state index contributed by atoms with van der Waals surface area (Å²) in [5, 5.41) is 12.6. The Bertz CT molecular complexity index is 408. The van der Waals surface area contributed by atoms with Crippen LogP contribution in [0.4, 0.5) is 0 Å². The Labute approximate surface area is 104 Å². The number of nitrogens with zero attached hydrogens (tertiary/aromatic N) is 2. The molecule has 2 rings (SSSR count). The third-order valence-electron chi connectivity index (χ3n) is 2.73. The molecule has 18 heavy (non-hydrogen) atoms. The number of aliphatic hydroxyl groups excluding tert-OH is 1. The van der Waals surface area contributed by atoms with E-state index >= 15 is 0 Å². The Kier molecular flexibility index (Phi) is 4.26. The lowest BCUT2D eigenvalue weighted by Gasteiger charge is -2.31. The summed E-state index contributed by atoms with van der Waals surface area (Å²) in [4.78, 5) is 13.3. The largest absolute Gasteiger partial charge is 0.394 e. The zero-order chi connectivity index (χ0) is 13.0. The van der Waals surface area contributed by atoms with Crippen molar-refractivity contribution < 1.29 is 19.2 Å². The van der Waals surface area contributed by atoms with Gasteiger partial charge in [0.2, 0.25) is 0 Å². The van der Waals surface area contributed by atoms with Crippen LogP contribution in [0.15, 0.2) is 10.6 Å². The van der Waals surface area contributed by atoms with Crippen LogP contribution in [0.2, 0.25) is 0 Å². The average Bonchev–Trinajstić information content (AvgIpc) is 2.86. The highest BCUT2D eigenvalue weighted by Crippen LogP contribution is 2.11. The molecule has 0 aromatic carbocycles. The number of aromatic nitrogens is 1. The van der Waals surface area contributed by atoms with E-state index in [0.29, 0.717) is 25.5 Å². The lowest BCUT2D eigenvalue weighted by molar-refractivity contribution is -0.0567. The van der Waals surface area contributed by atoms with Gasteiger partial charge >= 0.3 is 0 Å². The van der Waals surface area contributed by atoms with Crippen molar-refractivity contribution >= 4 is 5.91 Å². The summed E-state index contributed by atoms with van der Waals surface area (Å²) in [6.07, 6.45) is -0.173. The zero-order valence-corrected chi connectivity index (χ0v) is 9.83. The number of carbonyl (C=O) groups is 1. The molecule has 0 saturated carbocycles. The van der Waals surface area contributed by atoms with Crippen molar-refractivity contribution in [3.63, 3.8) is 0 Å². The number of carbonyl (C=O) groups excluding carboxylic acids is 1. The van der Waals surface area contributed by atoms with Gasteiger partial charge in [-0.25, -0.2) is 5.84 Å². The third-order valence-corrected chi connectivity index (χ3v) is 2.73. The summed E-state index contributed by atoms with van der Waals surface area (Å²) >= 11 is 0. The summed E-state index contributed by atoms with van der Waals surface area (Å²) in [6.45, 7) is 2.44. The summed E-state index contributed by atoms with van der Waals surface area (Å²) in [7, 11) is 0. The molecule has 1 atom stereocenters. The first-order valence-electron chi connectivity index (χ1n) is 5.64. The molecule has 1 aliphatic rings. The molecule has 1 saturated heterocycles. The minimum Gasteiger partial charge on any atom is -0.394 e. The molecule has 1 amide bonds. The number of hydrogen-bond donors (Lipinski definition) is 3. The van der Waals surface area contributed by atoms with E-state index in [2.05, 4.69) is 10.1 Å². The predicted molar refractivity (Wildman–Crippen MR) is 60.3 cm³/mol. The summed E-state index contributed by atoms with van der Waals surface area (Å²) in [6, 6.07) is 1.55. The van der Waals surface area contributed by atoms with Crippen LogP contribution in [-0.2, 0) is 11.3 Å². The molecule has 1 fully saturated rings. The van der Waals surface area contributed by atoms with Crippen LogP contribution in [0.25, 0.3) is 0 Å². The van der Waals surface area contributed by atoms with E-state index in [0.717, 1.165) is 6.54 Å². The zero-order valence-electron chi connectivity index (χ0n) is 9.83. The van der Waals surface area contributed by atoms with Crippen molar-refractivity contribution in [3.05, 3.63) is 17.5 Å². The van der Waals surface area contributed by atoms with Crippen LogP contribution >= 0.6 is 0 Å².